The molecule has 5 N–H and O–H groups in total. The summed E-state index contributed by atoms with van der Waals surface area (Å²) >= 11 is 0. The number of allylic oxidation sites excluding steroid dienone is 9. The van der Waals surface area contributed by atoms with Crippen molar-refractivity contribution in [2.45, 2.75) is 167 Å². The molecule has 0 bridgehead atoms. The van der Waals surface area contributed by atoms with Gasteiger partial charge in [-0.3, -0.25) is 4.79 Å². The van der Waals surface area contributed by atoms with Crippen molar-refractivity contribution in [2.75, 3.05) is 6.61 Å². The number of carbonyl (C=O) groups excluding carboxylic acids is 1. The highest BCUT2D eigenvalue weighted by Gasteiger charge is 2.26. The molecule has 0 aliphatic heterocycles. The summed E-state index contributed by atoms with van der Waals surface area (Å²) in [5.74, 6) is -0.217. The van der Waals surface area contributed by atoms with Crippen LogP contribution < -0.4 is 5.32 Å². The third kappa shape index (κ3) is 27.6. The van der Waals surface area contributed by atoms with Crippen molar-refractivity contribution in [1.82, 2.24) is 5.32 Å². The van der Waals surface area contributed by atoms with Gasteiger partial charge in [0.05, 0.1) is 24.9 Å². The van der Waals surface area contributed by atoms with Gasteiger partial charge in [-0.25, -0.2) is 0 Å². The molecular weight excluding hydrogens is 550 g/mol. The highest BCUT2D eigenvalue weighted by atomic mass is 16.3. The average Bonchev–Trinajstić information content (AvgIpc) is 3.03. The van der Waals surface area contributed by atoms with Crippen LogP contribution in [0.2, 0.25) is 0 Å². The second-order valence-electron chi connectivity index (χ2n) is 11.9. The molecule has 0 heterocycles. The number of carbonyl (C=O) groups is 1. The van der Waals surface area contributed by atoms with Crippen LogP contribution in [0.5, 0.6) is 0 Å². The Kier molecular flexibility index (Phi) is 30.9. The van der Waals surface area contributed by atoms with Crippen LogP contribution in [0.1, 0.15) is 142 Å². The fourth-order valence-electron chi connectivity index (χ4n) is 4.85. The van der Waals surface area contributed by atoms with Crippen LogP contribution in [0.4, 0.5) is 0 Å². The molecule has 6 nitrogen and oxygen atoms in total. The lowest BCUT2D eigenvalue weighted by molar-refractivity contribution is -0.124. The third-order valence-corrected chi connectivity index (χ3v) is 7.79. The Bertz CT molecular complexity index is 788. The number of rotatable bonds is 30. The smallest absolute Gasteiger partial charge is 0.220 e. The summed E-state index contributed by atoms with van der Waals surface area (Å²) in [5.41, 5.74) is 0. The lowest BCUT2D eigenvalue weighted by Crippen LogP contribution is -2.50. The lowest BCUT2D eigenvalue weighted by atomic mass is 9.99. The van der Waals surface area contributed by atoms with E-state index in [1.807, 2.05) is 19.1 Å². The number of aliphatic hydroxyl groups excluding tert-OH is 4. The Morgan fingerprint density at radius 1 is 0.659 bits per heavy atom. The first-order valence-electron chi connectivity index (χ1n) is 17.7. The molecule has 0 saturated carbocycles. The fraction of sp³-hybridized carbons (Fsp3) is 0.711. The Morgan fingerprint density at radius 2 is 1.18 bits per heavy atom. The number of hydrogen-bond acceptors (Lipinski definition) is 5. The molecule has 1 amide bonds. The van der Waals surface area contributed by atoms with Crippen molar-refractivity contribution < 1.29 is 25.2 Å². The van der Waals surface area contributed by atoms with Gasteiger partial charge in [-0.05, 0) is 44.9 Å². The first kappa shape index (κ1) is 42.0. The minimum atomic E-state index is -1.17. The predicted octanol–water partition coefficient (Wildman–Crippen LogP) is 8.17. The molecule has 254 valence electrons. The second-order valence-corrected chi connectivity index (χ2v) is 11.9. The fourth-order valence-corrected chi connectivity index (χ4v) is 4.85. The molecule has 0 saturated heterocycles. The van der Waals surface area contributed by atoms with E-state index in [2.05, 4.69) is 54.8 Å². The van der Waals surface area contributed by atoms with Crippen molar-refractivity contribution in [3.8, 4) is 0 Å². The molecule has 6 heteroatoms. The molecule has 4 atom stereocenters. The largest absolute Gasteiger partial charge is 0.394 e. The summed E-state index contributed by atoms with van der Waals surface area (Å²) in [6.45, 7) is 3.79. The molecule has 0 aromatic carbocycles. The van der Waals surface area contributed by atoms with E-state index < -0.39 is 24.9 Å². The molecule has 0 radical (unpaired) electrons. The zero-order valence-electron chi connectivity index (χ0n) is 28.1. The summed E-state index contributed by atoms with van der Waals surface area (Å²) in [6.07, 6.45) is 38.3. The minimum absolute atomic E-state index is 0.217. The highest BCUT2D eigenvalue weighted by molar-refractivity contribution is 5.76. The molecule has 0 aromatic heterocycles. The Morgan fingerprint density at radius 3 is 1.73 bits per heavy atom. The lowest BCUT2D eigenvalue weighted by Gasteiger charge is -2.26. The molecule has 0 aliphatic rings. The van der Waals surface area contributed by atoms with Crippen LogP contribution in [0.15, 0.2) is 60.8 Å². The maximum absolute atomic E-state index is 12.3. The van der Waals surface area contributed by atoms with Gasteiger partial charge in [0, 0.05) is 6.42 Å². The molecule has 0 unspecified atom stereocenters. The Hall–Kier alpha value is -1.99. The van der Waals surface area contributed by atoms with E-state index in [1.54, 1.807) is 6.08 Å². The van der Waals surface area contributed by atoms with E-state index in [-0.39, 0.29) is 12.0 Å². The number of amides is 1. The predicted molar refractivity (Wildman–Crippen MR) is 186 cm³/mol. The van der Waals surface area contributed by atoms with Gasteiger partial charge in [-0.15, -0.1) is 0 Å². The van der Waals surface area contributed by atoms with Gasteiger partial charge < -0.3 is 25.7 Å². The van der Waals surface area contributed by atoms with Crippen molar-refractivity contribution >= 4 is 5.91 Å². The maximum Gasteiger partial charge on any atom is 0.220 e. The number of unbranched alkanes of at least 4 members (excludes halogenated alkanes) is 12. The Balaban J connectivity index is 3.89. The summed E-state index contributed by atoms with van der Waals surface area (Å²) in [5, 5.41) is 42.7. The SMILES string of the molecule is CCCCCCCCCCCCCC[C@H](O)[C@@H](O)[C@H](CO)NC(=O)CCC/C=C\C/C=C\C/C=C\C/C=C\C=C\[C@H](O)CC. The van der Waals surface area contributed by atoms with E-state index in [4.69, 9.17) is 0 Å². The van der Waals surface area contributed by atoms with Crippen LogP contribution in [0.3, 0.4) is 0 Å². The first-order valence-corrected chi connectivity index (χ1v) is 17.7. The van der Waals surface area contributed by atoms with Crippen molar-refractivity contribution in [2.24, 2.45) is 0 Å². The van der Waals surface area contributed by atoms with Crippen LogP contribution in [-0.4, -0.2) is 57.3 Å². The van der Waals surface area contributed by atoms with Gasteiger partial charge in [0.2, 0.25) is 5.91 Å². The quantitative estimate of drug-likeness (QED) is 0.0317. The van der Waals surface area contributed by atoms with E-state index >= 15 is 0 Å². The third-order valence-electron chi connectivity index (χ3n) is 7.79. The first-order chi connectivity index (χ1) is 21.5. The maximum atomic E-state index is 12.3. The summed E-state index contributed by atoms with van der Waals surface area (Å²) in [6, 6.07) is -0.850. The number of aliphatic hydroxyl groups is 4. The molecule has 0 aliphatic carbocycles. The summed E-state index contributed by atoms with van der Waals surface area (Å²) in [4.78, 5) is 12.3. The van der Waals surface area contributed by atoms with E-state index in [0.717, 1.165) is 51.4 Å². The molecule has 0 rings (SSSR count). The second kappa shape index (κ2) is 32.4. The van der Waals surface area contributed by atoms with Crippen molar-refractivity contribution in [1.29, 1.82) is 0 Å². The number of nitrogens with one attached hydrogen (secondary N) is 1. The summed E-state index contributed by atoms with van der Waals surface area (Å²) in [7, 11) is 0. The standard InChI is InChI=1S/C38H67NO5/c1-3-5-6-7-8-9-10-16-19-22-25-28-31-36(42)38(44)35(33-40)39-37(43)32-29-26-23-20-17-14-12-11-13-15-18-21-24-27-30-34(41)4-2/h12-15,20-21,23-24,27,30,34-36,38,40-42,44H,3-11,16-19,22,25-26,28-29,31-33H2,1-2H3,(H,39,43)/b14-12-,15-13-,23-20-,24-21-,30-27+/t34-,35+,36+,38+/m1/s1. The topological polar surface area (TPSA) is 110 Å². The molecule has 44 heavy (non-hydrogen) atoms. The number of hydrogen-bond donors (Lipinski definition) is 5. The van der Waals surface area contributed by atoms with Crippen molar-refractivity contribution in [3.63, 3.8) is 0 Å². The average molecular weight is 618 g/mol. The van der Waals surface area contributed by atoms with Gasteiger partial charge in [0.15, 0.2) is 0 Å². The zero-order valence-corrected chi connectivity index (χ0v) is 28.1. The minimum Gasteiger partial charge on any atom is -0.394 e. The Labute approximate surface area is 270 Å². The van der Waals surface area contributed by atoms with Gasteiger partial charge in [-0.1, -0.05) is 152 Å². The monoisotopic (exact) mass is 618 g/mol. The van der Waals surface area contributed by atoms with E-state index in [0.29, 0.717) is 19.3 Å². The molecule has 0 aromatic rings. The van der Waals surface area contributed by atoms with Crippen LogP contribution >= 0.6 is 0 Å². The van der Waals surface area contributed by atoms with Crippen LogP contribution in [0, 0.1) is 0 Å². The summed E-state index contributed by atoms with van der Waals surface area (Å²) < 4.78 is 0. The van der Waals surface area contributed by atoms with E-state index in [9.17, 15) is 25.2 Å². The van der Waals surface area contributed by atoms with Gasteiger partial charge in [-0.2, -0.15) is 0 Å². The normalized spacial score (nSPS) is 15.3. The van der Waals surface area contributed by atoms with Crippen molar-refractivity contribution in [3.05, 3.63) is 60.8 Å². The highest BCUT2D eigenvalue weighted by Crippen LogP contribution is 2.15. The molecule has 0 spiro atoms. The van der Waals surface area contributed by atoms with Gasteiger partial charge in [0.25, 0.3) is 0 Å². The molecule has 0 fully saturated rings. The zero-order chi connectivity index (χ0) is 32.5. The van der Waals surface area contributed by atoms with E-state index in [1.165, 1.54) is 57.8 Å². The molecular formula is C38H67NO5. The van der Waals surface area contributed by atoms with Crippen LogP contribution in [-0.2, 0) is 4.79 Å². The van der Waals surface area contributed by atoms with Gasteiger partial charge >= 0.3 is 0 Å². The van der Waals surface area contributed by atoms with Gasteiger partial charge in [0.1, 0.15) is 6.10 Å². The van der Waals surface area contributed by atoms with Crippen LogP contribution in [0.25, 0.3) is 0 Å².